The van der Waals surface area contributed by atoms with Crippen LogP contribution >= 0.6 is 0 Å². The fraction of sp³-hybridized carbons (Fsp3) is 0.118. The molecule has 3 rings (SSSR count). The highest BCUT2D eigenvalue weighted by atomic mass is 19.1. The molecule has 0 aliphatic heterocycles. The first-order valence-electron chi connectivity index (χ1n) is 7.07. The summed E-state index contributed by atoms with van der Waals surface area (Å²) in [5.41, 5.74) is 2.09. The number of nitrogens with one attached hydrogen (secondary N) is 1. The number of anilines is 1. The molecule has 0 aliphatic rings. The van der Waals surface area contributed by atoms with Gasteiger partial charge in [-0.3, -0.25) is 0 Å². The Bertz CT molecular complexity index is 836. The number of nitrogens with zero attached hydrogens (tertiary/aromatic N) is 3. The Labute approximate surface area is 132 Å². The Morgan fingerprint density at radius 2 is 1.87 bits per heavy atom. The van der Waals surface area contributed by atoms with Gasteiger partial charge in [-0.05, 0) is 36.2 Å². The van der Waals surface area contributed by atoms with Gasteiger partial charge in [0.1, 0.15) is 11.6 Å². The van der Waals surface area contributed by atoms with E-state index in [1.807, 2.05) is 6.07 Å². The minimum atomic E-state index is -0.375. The Balaban J connectivity index is 1.78. The van der Waals surface area contributed by atoms with E-state index in [9.17, 15) is 8.78 Å². The number of halogens is 2. The van der Waals surface area contributed by atoms with Crippen molar-refractivity contribution in [3.8, 4) is 11.3 Å². The molecule has 1 N–H and O–H groups in total. The molecule has 1 aromatic heterocycles. The van der Waals surface area contributed by atoms with E-state index in [1.54, 1.807) is 31.2 Å². The van der Waals surface area contributed by atoms with Gasteiger partial charge in [0.05, 0.1) is 11.9 Å². The highest BCUT2D eigenvalue weighted by molar-refractivity contribution is 5.59. The van der Waals surface area contributed by atoms with E-state index in [0.29, 0.717) is 23.4 Å². The molecule has 6 heteroatoms. The fourth-order valence-electron chi connectivity index (χ4n) is 2.10. The minimum absolute atomic E-state index is 0.256. The van der Waals surface area contributed by atoms with Gasteiger partial charge < -0.3 is 5.32 Å². The summed E-state index contributed by atoms with van der Waals surface area (Å²) in [5, 5.41) is 10.7. The van der Waals surface area contributed by atoms with Gasteiger partial charge in [-0.2, -0.15) is 5.10 Å². The standard InChI is InChI=1S/C17H14F2N4/c1-11-6-7-12(8-15(11)19)9-20-17-22-16(10-21-23-17)13-4-2-3-5-14(13)18/h2-8,10H,9H2,1H3,(H,20,22,23). The molecule has 23 heavy (non-hydrogen) atoms. The summed E-state index contributed by atoms with van der Waals surface area (Å²) in [6.45, 7) is 2.05. The molecule has 0 saturated carbocycles. The molecule has 0 spiro atoms. The third-order valence-electron chi connectivity index (χ3n) is 3.40. The van der Waals surface area contributed by atoms with E-state index in [-0.39, 0.29) is 17.6 Å². The zero-order chi connectivity index (χ0) is 16.2. The van der Waals surface area contributed by atoms with Gasteiger partial charge in [0.2, 0.25) is 5.95 Å². The second kappa shape index (κ2) is 6.48. The Morgan fingerprint density at radius 3 is 2.65 bits per heavy atom. The van der Waals surface area contributed by atoms with Gasteiger partial charge in [0.15, 0.2) is 0 Å². The van der Waals surface area contributed by atoms with E-state index >= 15 is 0 Å². The molecule has 0 bridgehead atoms. The van der Waals surface area contributed by atoms with E-state index < -0.39 is 0 Å². The van der Waals surface area contributed by atoms with Crippen LogP contribution in [0.3, 0.4) is 0 Å². The van der Waals surface area contributed by atoms with Crippen molar-refractivity contribution in [2.45, 2.75) is 13.5 Å². The Hall–Kier alpha value is -2.89. The molecule has 0 fully saturated rings. The monoisotopic (exact) mass is 312 g/mol. The lowest BCUT2D eigenvalue weighted by atomic mass is 10.1. The van der Waals surface area contributed by atoms with Crippen molar-refractivity contribution in [2.24, 2.45) is 0 Å². The number of hydrogen-bond acceptors (Lipinski definition) is 4. The third-order valence-corrected chi connectivity index (χ3v) is 3.40. The molecule has 116 valence electrons. The molecule has 4 nitrogen and oxygen atoms in total. The van der Waals surface area contributed by atoms with Crippen molar-refractivity contribution in [1.29, 1.82) is 0 Å². The predicted molar refractivity (Wildman–Crippen MR) is 83.7 cm³/mol. The van der Waals surface area contributed by atoms with Crippen LogP contribution in [0.25, 0.3) is 11.3 Å². The highest BCUT2D eigenvalue weighted by Crippen LogP contribution is 2.20. The van der Waals surface area contributed by atoms with Crippen LogP contribution < -0.4 is 5.32 Å². The van der Waals surface area contributed by atoms with Crippen molar-refractivity contribution in [3.05, 3.63) is 71.4 Å². The van der Waals surface area contributed by atoms with Crippen LogP contribution in [-0.2, 0) is 6.54 Å². The quantitative estimate of drug-likeness (QED) is 0.797. The highest BCUT2D eigenvalue weighted by Gasteiger charge is 2.08. The van der Waals surface area contributed by atoms with Crippen molar-refractivity contribution in [3.63, 3.8) is 0 Å². The van der Waals surface area contributed by atoms with Crippen LogP contribution in [0.15, 0.2) is 48.7 Å². The summed E-state index contributed by atoms with van der Waals surface area (Å²) in [6, 6.07) is 11.3. The predicted octanol–water partition coefficient (Wildman–Crippen LogP) is 3.74. The molecular formula is C17H14F2N4. The average Bonchev–Trinajstić information content (AvgIpc) is 2.57. The summed E-state index contributed by atoms with van der Waals surface area (Å²) in [5.74, 6) is -0.380. The third kappa shape index (κ3) is 3.48. The van der Waals surface area contributed by atoms with Gasteiger partial charge >= 0.3 is 0 Å². The number of aryl methyl sites for hydroxylation is 1. The summed E-state index contributed by atoms with van der Waals surface area (Å²) >= 11 is 0. The lowest BCUT2D eigenvalue weighted by Gasteiger charge is -2.07. The van der Waals surface area contributed by atoms with Crippen molar-refractivity contribution < 1.29 is 8.78 Å². The number of hydrogen-bond donors (Lipinski definition) is 1. The van der Waals surface area contributed by atoms with Gasteiger partial charge in [0.25, 0.3) is 0 Å². The van der Waals surface area contributed by atoms with Crippen molar-refractivity contribution in [1.82, 2.24) is 15.2 Å². The molecule has 0 amide bonds. The Kier molecular flexibility index (Phi) is 4.23. The minimum Gasteiger partial charge on any atom is -0.349 e. The topological polar surface area (TPSA) is 50.7 Å². The first kappa shape index (κ1) is 15.0. The SMILES string of the molecule is Cc1ccc(CNc2nncc(-c3ccccc3F)n2)cc1F. The van der Waals surface area contributed by atoms with E-state index in [2.05, 4.69) is 20.5 Å². The molecular weight excluding hydrogens is 298 g/mol. The second-order valence-electron chi connectivity index (χ2n) is 5.08. The second-order valence-corrected chi connectivity index (χ2v) is 5.08. The lowest BCUT2D eigenvalue weighted by molar-refractivity contribution is 0.616. The maximum absolute atomic E-state index is 13.8. The van der Waals surface area contributed by atoms with Crippen molar-refractivity contribution >= 4 is 5.95 Å². The van der Waals surface area contributed by atoms with Crippen LogP contribution in [0.2, 0.25) is 0 Å². The van der Waals surface area contributed by atoms with Crippen LogP contribution in [0.5, 0.6) is 0 Å². The molecule has 0 radical (unpaired) electrons. The molecule has 0 unspecified atom stereocenters. The van der Waals surface area contributed by atoms with Gasteiger partial charge in [-0.15, -0.1) is 5.10 Å². The van der Waals surface area contributed by atoms with Crippen LogP contribution in [0.1, 0.15) is 11.1 Å². The Morgan fingerprint density at radius 1 is 1.04 bits per heavy atom. The van der Waals surface area contributed by atoms with Gasteiger partial charge in [-0.1, -0.05) is 24.3 Å². The maximum Gasteiger partial charge on any atom is 0.243 e. The average molecular weight is 312 g/mol. The smallest absolute Gasteiger partial charge is 0.243 e. The molecule has 0 saturated heterocycles. The largest absolute Gasteiger partial charge is 0.349 e. The van der Waals surface area contributed by atoms with Gasteiger partial charge in [0, 0.05) is 12.1 Å². The molecule has 2 aromatic carbocycles. The summed E-state index contributed by atoms with van der Waals surface area (Å²) in [4.78, 5) is 4.24. The van der Waals surface area contributed by atoms with Crippen LogP contribution in [0.4, 0.5) is 14.7 Å². The van der Waals surface area contributed by atoms with Crippen LogP contribution in [-0.4, -0.2) is 15.2 Å². The first-order valence-corrected chi connectivity index (χ1v) is 7.07. The van der Waals surface area contributed by atoms with E-state index in [1.165, 1.54) is 18.3 Å². The molecule has 0 aliphatic carbocycles. The first-order chi connectivity index (χ1) is 11.1. The summed E-state index contributed by atoms with van der Waals surface area (Å²) in [7, 11) is 0. The van der Waals surface area contributed by atoms with Crippen LogP contribution in [0, 0.1) is 18.6 Å². The normalized spacial score (nSPS) is 10.6. The van der Waals surface area contributed by atoms with E-state index in [0.717, 1.165) is 5.56 Å². The zero-order valence-corrected chi connectivity index (χ0v) is 12.4. The lowest BCUT2D eigenvalue weighted by Crippen LogP contribution is -2.06. The summed E-state index contributed by atoms with van der Waals surface area (Å²) < 4.78 is 27.3. The van der Waals surface area contributed by atoms with Gasteiger partial charge in [-0.25, -0.2) is 13.8 Å². The molecule has 0 atom stereocenters. The van der Waals surface area contributed by atoms with E-state index in [4.69, 9.17) is 0 Å². The van der Waals surface area contributed by atoms with Crippen molar-refractivity contribution in [2.75, 3.05) is 5.32 Å². The maximum atomic E-state index is 13.8. The number of aromatic nitrogens is 3. The summed E-state index contributed by atoms with van der Waals surface area (Å²) in [6.07, 6.45) is 1.40. The zero-order valence-electron chi connectivity index (χ0n) is 12.4. The fourth-order valence-corrected chi connectivity index (χ4v) is 2.10. The molecule has 3 aromatic rings. The molecule has 1 heterocycles. The number of rotatable bonds is 4. The number of benzene rings is 2.